The Morgan fingerprint density at radius 3 is 2.66 bits per heavy atom. The Labute approximate surface area is 171 Å². The number of imidazole rings is 1. The van der Waals surface area contributed by atoms with Crippen LogP contribution in [0.25, 0.3) is 11.0 Å². The molecule has 0 saturated heterocycles. The van der Waals surface area contributed by atoms with Gasteiger partial charge in [-0.05, 0) is 37.1 Å². The summed E-state index contributed by atoms with van der Waals surface area (Å²) in [5.41, 5.74) is 2.19. The summed E-state index contributed by atoms with van der Waals surface area (Å²) in [5, 5.41) is 2.91. The van der Waals surface area contributed by atoms with Gasteiger partial charge in [-0.15, -0.1) is 0 Å². The average Bonchev–Trinajstić information content (AvgIpc) is 3.11. The molecular formula is C23H29N3O3. The summed E-state index contributed by atoms with van der Waals surface area (Å²) in [6, 6.07) is 17.6. The Hall–Kier alpha value is -2.86. The number of fused-ring (bicyclic) bond motifs is 1. The number of aromatic nitrogens is 2. The highest BCUT2D eigenvalue weighted by atomic mass is 16.5. The van der Waals surface area contributed by atoms with Gasteiger partial charge in [-0.3, -0.25) is 4.79 Å². The second kappa shape index (κ2) is 11.2. The van der Waals surface area contributed by atoms with Gasteiger partial charge in [0.25, 0.3) is 5.91 Å². The van der Waals surface area contributed by atoms with Gasteiger partial charge in [0, 0.05) is 26.6 Å². The molecule has 0 radical (unpaired) electrons. The highest BCUT2D eigenvalue weighted by Crippen LogP contribution is 2.17. The molecule has 0 saturated carbocycles. The van der Waals surface area contributed by atoms with Crippen LogP contribution in [0.5, 0.6) is 5.75 Å². The predicted octanol–water partition coefficient (Wildman–Crippen LogP) is 3.59. The third kappa shape index (κ3) is 6.32. The normalized spacial score (nSPS) is 10.9. The standard InChI is InChI=1S/C23H29N3O3/c1-28-17-16-26-21-13-8-7-12-20(21)25-22(26)14-6-3-9-15-24-23(27)18-29-19-10-4-2-5-11-19/h2,4-5,7-8,10-13H,3,6,9,14-18H2,1H3,(H,24,27). The Bertz CT molecular complexity index is 893. The van der Waals surface area contributed by atoms with E-state index in [0.717, 1.165) is 49.1 Å². The zero-order valence-corrected chi connectivity index (χ0v) is 17.0. The maximum atomic E-state index is 11.9. The molecule has 0 spiro atoms. The number of nitrogens with zero attached hydrogens (tertiary/aromatic N) is 2. The van der Waals surface area contributed by atoms with Crippen LogP contribution in [0.2, 0.25) is 0 Å². The van der Waals surface area contributed by atoms with Crippen LogP contribution in [0.15, 0.2) is 54.6 Å². The number of carbonyl (C=O) groups is 1. The number of methoxy groups -OCH3 is 1. The summed E-state index contributed by atoms with van der Waals surface area (Å²) < 4.78 is 12.9. The van der Waals surface area contributed by atoms with E-state index in [0.29, 0.717) is 18.9 Å². The van der Waals surface area contributed by atoms with Crippen molar-refractivity contribution in [3.05, 3.63) is 60.4 Å². The van der Waals surface area contributed by atoms with Crippen LogP contribution in [0.3, 0.4) is 0 Å². The molecule has 3 aromatic rings. The van der Waals surface area contributed by atoms with E-state index in [1.54, 1.807) is 7.11 Å². The molecule has 0 atom stereocenters. The van der Waals surface area contributed by atoms with Crippen molar-refractivity contribution in [3.63, 3.8) is 0 Å². The van der Waals surface area contributed by atoms with E-state index in [-0.39, 0.29) is 12.5 Å². The largest absolute Gasteiger partial charge is 0.484 e. The number of nitrogens with one attached hydrogen (secondary N) is 1. The summed E-state index contributed by atoms with van der Waals surface area (Å²) in [4.78, 5) is 16.6. The smallest absolute Gasteiger partial charge is 0.257 e. The van der Waals surface area contributed by atoms with E-state index in [1.807, 2.05) is 42.5 Å². The van der Waals surface area contributed by atoms with E-state index >= 15 is 0 Å². The van der Waals surface area contributed by atoms with E-state index in [4.69, 9.17) is 14.5 Å². The molecule has 0 aliphatic heterocycles. The van der Waals surface area contributed by atoms with Crippen LogP contribution in [0, 0.1) is 0 Å². The first-order valence-corrected chi connectivity index (χ1v) is 10.2. The van der Waals surface area contributed by atoms with Crippen LogP contribution in [-0.4, -0.2) is 42.3 Å². The molecule has 6 heteroatoms. The number of ether oxygens (including phenoxy) is 2. The van der Waals surface area contributed by atoms with Gasteiger partial charge in [0.2, 0.25) is 0 Å². The number of para-hydroxylation sites is 3. The first-order chi connectivity index (χ1) is 14.3. The van der Waals surface area contributed by atoms with Gasteiger partial charge in [-0.1, -0.05) is 36.8 Å². The Morgan fingerprint density at radius 2 is 1.83 bits per heavy atom. The fourth-order valence-electron chi connectivity index (χ4n) is 3.28. The van der Waals surface area contributed by atoms with E-state index in [2.05, 4.69) is 22.0 Å². The molecule has 1 aromatic heterocycles. The molecule has 29 heavy (non-hydrogen) atoms. The van der Waals surface area contributed by atoms with E-state index in [1.165, 1.54) is 0 Å². The molecule has 3 rings (SSSR count). The molecule has 1 N–H and O–H groups in total. The van der Waals surface area contributed by atoms with Crippen molar-refractivity contribution in [3.8, 4) is 5.75 Å². The lowest BCUT2D eigenvalue weighted by Gasteiger charge is -2.09. The van der Waals surface area contributed by atoms with Gasteiger partial charge in [0.15, 0.2) is 6.61 Å². The molecule has 0 unspecified atom stereocenters. The molecule has 1 heterocycles. The van der Waals surface area contributed by atoms with Gasteiger partial charge in [0.05, 0.1) is 17.6 Å². The zero-order chi connectivity index (χ0) is 20.3. The van der Waals surface area contributed by atoms with Crippen molar-refractivity contribution >= 4 is 16.9 Å². The van der Waals surface area contributed by atoms with Crippen LogP contribution in [0.4, 0.5) is 0 Å². The molecule has 1 amide bonds. The third-order valence-corrected chi connectivity index (χ3v) is 4.77. The van der Waals surface area contributed by atoms with Gasteiger partial charge < -0.3 is 19.4 Å². The number of benzene rings is 2. The highest BCUT2D eigenvalue weighted by molar-refractivity contribution is 5.77. The minimum Gasteiger partial charge on any atom is -0.484 e. The molecule has 0 bridgehead atoms. The summed E-state index contributed by atoms with van der Waals surface area (Å²) in [6.45, 7) is 2.19. The topological polar surface area (TPSA) is 65.4 Å². The summed E-state index contributed by atoms with van der Waals surface area (Å²) in [5.74, 6) is 1.72. The number of carbonyl (C=O) groups excluding carboxylic acids is 1. The molecule has 0 fully saturated rings. The number of hydrogen-bond acceptors (Lipinski definition) is 4. The number of amides is 1. The van der Waals surface area contributed by atoms with Gasteiger partial charge in [-0.25, -0.2) is 4.98 Å². The fourth-order valence-corrected chi connectivity index (χ4v) is 3.28. The average molecular weight is 396 g/mol. The Kier molecular flexibility index (Phi) is 8.07. The second-order valence-corrected chi connectivity index (χ2v) is 6.92. The Morgan fingerprint density at radius 1 is 1.03 bits per heavy atom. The lowest BCUT2D eigenvalue weighted by Crippen LogP contribution is -2.29. The summed E-state index contributed by atoms with van der Waals surface area (Å²) in [7, 11) is 1.72. The van der Waals surface area contributed by atoms with Gasteiger partial charge in [0.1, 0.15) is 11.6 Å². The SMILES string of the molecule is COCCn1c(CCCCCNC(=O)COc2ccccc2)nc2ccccc21. The highest BCUT2D eigenvalue weighted by Gasteiger charge is 2.10. The monoisotopic (exact) mass is 395 g/mol. The predicted molar refractivity (Wildman–Crippen MR) is 114 cm³/mol. The maximum absolute atomic E-state index is 11.9. The van der Waals surface area contributed by atoms with Crippen LogP contribution >= 0.6 is 0 Å². The van der Waals surface area contributed by atoms with Crippen molar-refractivity contribution < 1.29 is 14.3 Å². The van der Waals surface area contributed by atoms with Crippen molar-refractivity contribution in [2.75, 3.05) is 26.9 Å². The maximum Gasteiger partial charge on any atom is 0.257 e. The third-order valence-electron chi connectivity index (χ3n) is 4.77. The lowest BCUT2D eigenvalue weighted by molar-refractivity contribution is -0.123. The molecule has 6 nitrogen and oxygen atoms in total. The molecule has 0 aliphatic rings. The number of aryl methyl sites for hydroxylation is 1. The van der Waals surface area contributed by atoms with Gasteiger partial charge in [-0.2, -0.15) is 0 Å². The number of hydrogen-bond donors (Lipinski definition) is 1. The lowest BCUT2D eigenvalue weighted by atomic mass is 10.2. The minimum absolute atomic E-state index is 0.0491. The molecular weight excluding hydrogens is 366 g/mol. The molecule has 2 aromatic carbocycles. The van der Waals surface area contributed by atoms with Crippen molar-refractivity contribution in [1.82, 2.24) is 14.9 Å². The van der Waals surface area contributed by atoms with Gasteiger partial charge >= 0.3 is 0 Å². The molecule has 154 valence electrons. The minimum atomic E-state index is -0.0878. The quantitative estimate of drug-likeness (QED) is 0.476. The molecule has 0 aliphatic carbocycles. The zero-order valence-electron chi connectivity index (χ0n) is 17.0. The second-order valence-electron chi connectivity index (χ2n) is 6.92. The van der Waals surface area contributed by atoms with Crippen molar-refractivity contribution in [2.24, 2.45) is 0 Å². The van der Waals surface area contributed by atoms with Crippen molar-refractivity contribution in [1.29, 1.82) is 0 Å². The number of rotatable bonds is 12. The van der Waals surface area contributed by atoms with E-state index < -0.39 is 0 Å². The van der Waals surface area contributed by atoms with E-state index in [9.17, 15) is 4.79 Å². The Balaban J connectivity index is 1.36. The van der Waals surface area contributed by atoms with Crippen LogP contribution in [0.1, 0.15) is 25.1 Å². The van der Waals surface area contributed by atoms with Crippen molar-refractivity contribution in [2.45, 2.75) is 32.2 Å². The summed E-state index contributed by atoms with van der Waals surface area (Å²) in [6.07, 6.45) is 3.93. The first-order valence-electron chi connectivity index (χ1n) is 10.2. The first kappa shape index (κ1) is 20.9. The fraction of sp³-hybridized carbons (Fsp3) is 0.391. The summed E-state index contributed by atoms with van der Waals surface area (Å²) >= 11 is 0. The van der Waals surface area contributed by atoms with Crippen LogP contribution in [-0.2, 0) is 22.5 Å². The van der Waals surface area contributed by atoms with Crippen LogP contribution < -0.4 is 10.1 Å². The number of unbranched alkanes of at least 4 members (excludes halogenated alkanes) is 2.